The van der Waals surface area contributed by atoms with Gasteiger partial charge in [-0.2, -0.15) is 0 Å². The molecule has 0 bridgehead atoms. The SMILES string of the molecule is Cc1ocnc1C(=O)N1CCNCC1c1cccnc1. The van der Waals surface area contributed by atoms with E-state index in [2.05, 4.69) is 15.3 Å². The summed E-state index contributed by atoms with van der Waals surface area (Å²) in [5, 5.41) is 3.31. The van der Waals surface area contributed by atoms with Crippen LogP contribution in [0.5, 0.6) is 0 Å². The Morgan fingerprint density at radius 2 is 2.45 bits per heavy atom. The lowest BCUT2D eigenvalue weighted by molar-refractivity contribution is 0.0627. The normalized spacial score (nSPS) is 19.1. The Bertz CT molecular complexity index is 596. The van der Waals surface area contributed by atoms with Gasteiger partial charge in [0.15, 0.2) is 12.1 Å². The van der Waals surface area contributed by atoms with Crippen molar-refractivity contribution in [2.24, 2.45) is 0 Å². The van der Waals surface area contributed by atoms with Crippen LogP contribution in [0.15, 0.2) is 35.3 Å². The number of aryl methyl sites for hydroxylation is 1. The Hall–Kier alpha value is -2.21. The highest BCUT2D eigenvalue weighted by Crippen LogP contribution is 2.23. The van der Waals surface area contributed by atoms with E-state index in [1.165, 1.54) is 6.39 Å². The molecule has 0 saturated carbocycles. The minimum Gasteiger partial charge on any atom is -0.448 e. The first kappa shape index (κ1) is 12.8. The zero-order chi connectivity index (χ0) is 13.9. The van der Waals surface area contributed by atoms with Gasteiger partial charge < -0.3 is 14.6 Å². The number of rotatable bonds is 2. The first-order valence-electron chi connectivity index (χ1n) is 6.59. The molecular weight excluding hydrogens is 256 g/mol. The number of piperazine rings is 1. The quantitative estimate of drug-likeness (QED) is 0.888. The highest BCUT2D eigenvalue weighted by molar-refractivity contribution is 5.93. The molecule has 0 aromatic carbocycles. The first-order valence-corrected chi connectivity index (χ1v) is 6.59. The topological polar surface area (TPSA) is 71.3 Å². The summed E-state index contributed by atoms with van der Waals surface area (Å²) in [6.45, 7) is 3.89. The fraction of sp³-hybridized carbons (Fsp3) is 0.357. The number of oxazole rings is 1. The van der Waals surface area contributed by atoms with Crippen molar-refractivity contribution in [3.63, 3.8) is 0 Å². The second-order valence-electron chi connectivity index (χ2n) is 4.76. The Balaban J connectivity index is 1.90. The van der Waals surface area contributed by atoms with Crippen LogP contribution in [0.2, 0.25) is 0 Å². The van der Waals surface area contributed by atoms with Gasteiger partial charge in [0.05, 0.1) is 6.04 Å². The molecule has 6 nitrogen and oxygen atoms in total. The number of aromatic nitrogens is 2. The van der Waals surface area contributed by atoms with E-state index in [0.717, 1.165) is 12.1 Å². The number of pyridine rings is 1. The molecule has 1 atom stereocenters. The average Bonchev–Trinajstić information content (AvgIpc) is 2.93. The highest BCUT2D eigenvalue weighted by atomic mass is 16.3. The molecule has 1 saturated heterocycles. The molecule has 1 unspecified atom stereocenters. The van der Waals surface area contributed by atoms with Gasteiger partial charge in [0, 0.05) is 32.0 Å². The van der Waals surface area contributed by atoms with Crippen molar-refractivity contribution < 1.29 is 9.21 Å². The molecule has 2 aromatic rings. The molecule has 20 heavy (non-hydrogen) atoms. The Morgan fingerprint density at radius 3 is 3.15 bits per heavy atom. The molecule has 0 spiro atoms. The van der Waals surface area contributed by atoms with Gasteiger partial charge in [-0.25, -0.2) is 4.98 Å². The van der Waals surface area contributed by atoms with Crippen LogP contribution >= 0.6 is 0 Å². The Morgan fingerprint density at radius 1 is 1.55 bits per heavy atom. The summed E-state index contributed by atoms with van der Waals surface area (Å²) in [7, 11) is 0. The van der Waals surface area contributed by atoms with E-state index < -0.39 is 0 Å². The van der Waals surface area contributed by atoms with Crippen molar-refractivity contribution in [3.05, 3.63) is 47.9 Å². The van der Waals surface area contributed by atoms with Crippen LogP contribution < -0.4 is 5.32 Å². The lowest BCUT2D eigenvalue weighted by Crippen LogP contribution is -2.48. The molecule has 0 aliphatic carbocycles. The molecule has 3 rings (SSSR count). The fourth-order valence-corrected chi connectivity index (χ4v) is 2.46. The number of carbonyl (C=O) groups excluding carboxylic acids is 1. The number of nitrogens with zero attached hydrogens (tertiary/aromatic N) is 3. The zero-order valence-corrected chi connectivity index (χ0v) is 11.2. The molecule has 1 aliphatic rings. The third-order valence-corrected chi connectivity index (χ3v) is 3.52. The summed E-state index contributed by atoms with van der Waals surface area (Å²) in [6, 6.07) is 3.84. The molecule has 1 aliphatic heterocycles. The average molecular weight is 272 g/mol. The number of nitrogens with one attached hydrogen (secondary N) is 1. The Kier molecular flexibility index (Phi) is 3.47. The number of amides is 1. The molecule has 1 fully saturated rings. The maximum absolute atomic E-state index is 12.6. The number of hydrogen-bond donors (Lipinski definition) is 1. The summed E-state index contributed by atoms with van der Waals surface area (Å²) in [5.74, 6) is 0.463. The molecular formula is C14H16N4O2. The lowest BCUT2D eigenvalue weighted by atomic mass is 10.0. The minimum absolute atomic E-state index is 0.0268. The van der Waals surface area contributed by atoms with Crippen molar-refractivity contribution in [1.29, 1.82) is 0 Å². The van der Waals surface area contributed by atoms with Crippen molar-refractivity contribution >= 4 is 5.91 Å². The van der Waals surface area contributed by atoms with E-state index in [1.807, 2.05) is 17.0 Å². The van der Waals surface area contributed by atoms with Gasteiger partial charge in [-0.15, -0.1) is 0 Å². The maximum Gasteiger partial charge on any atom is 0.276 e. The second-order valence-corrected chi connectivity index (χ2v) is 4.76. The largest absolute Gasteiger partial charge is 0.448 e. The molecule has 1 N–H and O–H groups in total. The van der Waals surface area contributed by atoms with Crippen molar-refractivity contribution in [2.45, 2.75) is 13.0 Å². The molecule has 104 valence electrons. The monoisotopic (exact) mass is 272 g/mol. The molecule has 2 aromatic heterocycles. The summed E-state index contributed by atoms with van der Waals surface area (Å²) in [6.07, 6.45) is 4.84. The smallest absolute Gasteiger partial charge is 0.276 e. The number of hydrogen-bond acceptors (Lipinski definition) is 5. The third-order valence-electron chi connectivity index (χ3n) is 3.52. The summed E-state index contributed by atoms with van der Waals surface area (Å²) in [4.78, 5) is 22.6. The predicted molar refractivity (Wildman–Crippen MR) is 72.1 cm³/mol. The minimum atomic E-state index is -0.0911. The molecule has 6 heteroatoms. The van der Waals surface area contributed by atoms with Gasteiger partial charge >= 0.3 is 0 Å². The van der Waals surface area contributed by atoms with Gasteiger partial charge in [-0.1, -0.05) is 6.07 Å². The molecule has 1 amide bonds. The van der Waals surface area contributed by atoms with Crippen LogP contribution in [0.25, 0.3) is 0 Å². The van der Waals surface area contributed by atoms with Crippen LogP contribution in [0.3, 0.4) is 0 Å². The van der Waals surface area contributed by atoms with Gasteiger partial charge in [-0.05, 0) is 18.6 Å². The van der Waals surface area contributed by atoms with Crippen molar-refractivity contribution in [2.75, 3.05) is 19.6 Å². The van der Waals surface area contributed by atoms with Crippen LogP contribution in [0, 0.1) is 6.92 Å². The predicted octanol–water partition coefficient (Wildman–Crippen LogP) is 1.16. The zero-order valence-electron chi connectivity index (χ0n) is 11.2. The van der Waals surface area contributed by atoms with Crippen molar-refractivity contribution in [3.8, 4) is 0 Å². The van der Waals surface area contributed by atoms with Gasteiger partial charge in [0.2, 0.25) is 0 Å². The van der Waals surface area contributed by atoms with E-state index in [0.29, 0.717) is 24.5 Å². The highest BCUT2D eigenvalue weighted by Gasteiger charge is 2.30. The van der Waals surface area contributed by atoms with E-state index in [-0.39, 0.29) is 11.9 Å². The van der Waals surface area contributed by atoms with Crippen molar-refractivity contribution in [1.82, 2.24) is 20.2 Å². The fourth-order valence-electron chi connectivity index (χ4n) is 2.46. The van der Waals surface area contributed by atoms with E-state index >= 15 is 0 Å². The van der Waals surface area contributed by atoms with E-state index in [9.17, 15) is 4.79 Å². The number of carbonyl (C=O) groups is 1. The summed E-state index contributed by atoms with van der Waals surface area (Å²) < 4.78 is 5.13. The summed E-state index contributed by atoms with van der Waals surface area (Å²) in [5.41, 5.74) is 1.41. The Labute approximate surface area is 116 Å². The maximum atomic E-state index is 12.6. The molecule has 3 heterocycles. The molecule has 0 radical (unpaired) electrons. The van der Waals surface area contributed by atoms with Crippen LogP contribution in [0.4, 0.5) is 0 Å². The van der Waals surface area contributed by atoms with Gasteiger partial charge in [-0.3, -0.25) is 9.78 Å². The van der Waals surface area contributed by atoms with Gasteiger partial charge in [0.25, 0.3) is 5.91 Å². The summed E-state index contributed by atoms with van der Waals surface area (Å²) >= 11 is 0. The van der Waals surface area contributed by atoms with E-state index in [4.69, 9.17) is 4.42 Å². The van der Waals surface area contributed by atoms with Gasteiger partial charge in [0.1, 0.15) is 5.76 Å². The lowest BCUT2D eigenvalue weighted by Gasteiger charge is -2.36. The standard InChI is InChI=1S/C14H16N4O2/c1-10-13(17-9-20-10)14(19)18-6-5-16-8-12(18)11-3-2-4-15-7-11/h2-4,7,9,12,16H,5-6,8H2,1H3. The van der Waals surface area contributed by atoms with Crippen LogP contribution in [-0.2, 0) is 0 Å². The third kappa shape index (κ3) is 2.30. The van der Waals surface area contributed by atoms with Crippen LogP contribution in [-0.4, -0.2) is 40.4 Å². The van der Waals surface area contributed by atoms with E-state index in [1.54, 1.807) is 19.3 Å². The first-order chi connectivity index (χ1) is 9.77. The van der Waals surface area contributed by atoms with Crippen LogP contribution in [0.1, 0.15) is 27.9 Å². The second kappa shape index (κ2) is 5.42.